The Hall–Kier alpha value is -1.58. The Morgan fingerprint density at radius 1 is 1.32 bits per heavy atom. The van der Waals surface area contributed by atoms with Gasteiger partial charge in [-0.2, -0.15) is 0 Å². The van der Waals surface area contributed by atoms with Gasteiger partial charge in [0.05, 0.1) is 5.56 Å². The molecule has 1 aliphatic carbocycles. The molecule has 104 valence electrons. The normalized spacial score (nSPS) is 23.5. The second-order valence-electron chi connectivity index (χ2n) is 5.37. The first kappa shape index (κ1) is 13.8. The first-order chi connectivity index (χ1) is 9.22. The molecule has 2 rings (SSSR count). The number of hydrogen-bond acceptors (Lipinski definition) is 3. The Morgan fingerprint density at radius 2 is 2.11 bits per heavy atom. The number of amides is 1. The highest BCUT2D eigenvalue weighted by Crippen LogP contribution is 2.23. The van der Waals surface area contributed by atoms with Gasteiger partial charge in [0.1, 0.15) is 0 Å². The molecule has 1 saturated carbocycles. The lowest BCUT2D eigenvalue weighted by Gasteiger charge is -2.23. The molecule has 2 atom stereocenters. The van der Waals surface area contributed by atoms with Crippen molar-refractivity contribution in [2.75, 3.05) is 12.4 Å². The van der Waals surface area contributed by atoms with E-state index in [2.05, 4.69) is 22.5 Å². The maximum Gasteiger partial charge on any atom is 0.255 e. The minimum absolute atomic E-state index is 0.0174. The molecule has 2 unspecified atom stereocenters. The monoisotopic (exact) mass is 261 g/mol. The molecule has 2 N–H and O–H groups in total. The molecule has 1 aromatic rings. The molecular weight excluding hydrogens is 238 g/mol. The molecule has 0 aliphatic heterocycles. The van der Waals surface area contributed by atoms with Gasteiger partial charge in [-0.3, -0.25) is 9.78 Å². The Bertz CT molecular complexity index is 433. The number of nitrogens with zero attached hydrogens (tertiary/aromatic N) is 1. The number of hydrogen-bond donors (Lipinski definition) is 2. The van der Waals surface area contributed by atoms with Crippen LogP contribution in [0.25, 0.3) is 0 Å². The fourth-order valence-corrected chi connectivity index (χ4v) is 2.75. The van der Waals surface area contributed by atoms with Gasteiger partial charge in [0.2, 0.25) is 0 Å². The average molecular weight is 261 g/mol. The maximum atomic E-state index is 12.4. The summed E-state index contributed by atoms with van der Waals surface area (Å²) in [5, 5.41) is 6.22. The van der Waals surface area contributed by atoms with Crippen LogP contribution in [0.2, 0.25) is 0 Å². The molecule has 0 spiro atoms. The third kappa shape index (κ3) is 3.46. The van der Waals surface area contributed by atoms with Crippen LogP contribution in [0.3, 0.4) is 0 Å². The molecule has 0 bridgehead atoms. The summed E-state index contributed by atoms with van der Waals surface area (Å²) in [6, 6.07) is 2.12. The van der Waals surface area contributed by atoms with Crippen LogP contribution in [-0.4, -0.2) is 24.0 Å². The Balaban J connectivity index is 2.07. The number of nitrogens with one attached hydrogen (secondary N) is 2. The van der Waals surface area contributed by atoms with Crippen LogP contribution in [-0.2, 0) is 0 Å². The minimum atomic E-state index is -0.0174. The molecule has 4 nitrogen and oxygen atoms in total. The molecule has 1 aliphatic rings. The third-order valence-electron chi connectivity index (χ3n) is 4.01. The van der Waals surface area contributed by atoms with Gasteiger partial charge in [0.25, 0.3) is 5.91 Å². The highest BCUT2D eigenvalue weighted by Gasteiger charge is 2.22. The first-order valence-electron chi connectivity index (χ1n) is 7.15. The maximum absolute atomic E-state index is 12.4. The second kappa shape index (κ2) is 6.55. The zero-order valence-corrected chi connectivity index (χ0v) is 11.8. The van der Waals surface area contributed by atoms with Crippen LogP contribution >= 0.6 is 0 Å². The van der Waals surface area contributed by atoms with Crippen molar-refractivity contribution in [3.05, 3.63) is 24.0 Å². The summed E-state index contributed by atoms with van der Waals surface area (Å²) < 4.78 is 0. The van der Waals surface area contributed by atoms with Crippen molar-refractivity contribution in [1.29, 1.82) is 0 Å². The van der Waals surface area contributed by atoms with Crippen LogP contribution in [0.1, 0.15) is 49.4 Å². The van der Waals surface area contributed by atoms with Crippen molar-refractivity contribution < 1.29 is 4.79 Å². The van der Waals surface area contributed by atoms with Crippen molar-refractivity contribution in [3.8, 4) is 0 Å². The van der Waals surface area contributed by atoms with Crippen molar-refractivity contribution in [1.82, 2.24) is 10.3 Å². The number of anilines is 1. The summed E-state index contributed by atoms with van der Waals surface area (Å²) in [6.45, 7) is 2.23. The summed E-state index contributed by atoms with van der Waals surface area (Å²) in [6.07, 6.45) is 9.38. The molecule has 1 fully saturated rings. The number of aromatic nitrogens is 1. The number of pyridine rings is 1. The summed E-state index contributed by atoms with van der Waals surface area (Å²) >= 11 is 0. The largest absolute Gasteiger partial charge is 0.387 e. The smallest absolute Gasteiger partial charge is 0.255 e. The van der Waals surface area contributed by atoms with Gasteiger partial charge in [0, 0.05) is 31.2 Å². The fourth-order valence-electron chi connectivity index (χ4n) is 2.75. The van der Waals surface area contributed by atoms with Crippen LogP contribution in [0.4, 0.5) is 5.69 Å². The van der Waals surface area contributed by atoms with Crippen LogP contribution in [0.15, 0.2) is 18.5 Å². The molecule has 1 heterocycles. The van der Waals surface area contributed by atoms with Gasteiger partial charge >= 0.3 is 0 Å². The van der Waals surface area contributed by atoms with E-state index in [0.717, 1.165) is 12.1 Å². The quantitative estimate of drug-likeness (QED) is 0.823. The van der Waals surface area contributed by atoms with E-state index in [-0.39, 0.29) is 5.91 Å². The first-order valence-corrected chi connectivity index (χ1v) is 7.15. The van der Waals surface area contributed by atoms with Crippen molar-refractivity contribution in [3.63, 3.8) is 0 Å². The van der Waals surface area contributed by atoms with Crippen molar-refractivity contribution in [2.24, 2.45) is 5.92 Å². The van der Waals surface area contributed by atoms with E-state index in [0.29, 0.717) is 17.5 Å². The van der Waals surface area contributed by atoms with Crippen molar-refractivity contribution >= 4 is 11.6 Å². The number of carbonyl (C=O) groups is 1. The van der Waals surface area contributed by atoms with Crippen molar-refractivity contribution in [2.45, 2.75) is 45.1 Å². The standard InChI is InChI=1S/C15H23N3O/c1-11-6-4-3-5-7-13(11)18-15(19)12-10-17-9-8-14(12)16-2/h8-11,13H,3-7H2,1-2H3,(H,16,17)(H,18,19). The molecule has 19 heavy (non-hydrogen) atoms. The minimum Gasteiger partial charge on any atom is -0.387 e. The molecule has 0 radical (unpaired) electrons. The predicted octanol–water partition coefficient (Wildman–Crippen LogP) is 2.82. The lowest BCUT2D eigenvalue weighted by Crippen LogP contribution is -2.39. The molecule has 1 aromatic heterocycles. The van der Waals surface area contributed by atoms with E-state index in [1.807, 2.05) is 13.1 Å². The van der Waals surface area contributed by atoms with E-state index >= 15 is 0 Å². The highest BCUT2D eigenvalue weighted by atomic mass is 16.1. The molecule has 1 amide bonds. The van der Waals surface area contributed by atoms with Gasteiger partial charge in [-0.15, -0.1) is 0 Å². The molecule has 0 aromatic carbocycles. The number of carbonyl (C=O) groups excluding carboxylic acids is 1. The summed E-state index contributed by atoms with van der Waals surface area (Å²) in [4.78, 5) is 16.4. The Labute approximate surface area is 115 Å². The van der Waals surface area contributed by atoms with Crippen LogP contribution in [0, 0.1) is 5.92 Å². The lowest BCUT2D eigenvalue weighted by molar-refractivity contribution is 0.0922. The topological polar surface area (TPSA) is 54.0 Å². The summed E-state index contributed by atoms with van der Waals surface area (Å²) in [5.74, 6) is 0.539. The fraction of sp³-hybridized carbons (Fsp3) is 0.600. The van der Waals surface area contributed by atoms with E-state index < -0.39 is 0 Å². The predicted molar refractivity (Wildman–Crippen MR) is 77.3 cm³/mol. The van der Waals surface area contributed by atoms with E-state index in [1.54, 1.807) is 12.4 Å². The highest BCUT2D eigenvalue weighted by molar-refractivity contribution is 5.99. The lowest BCUT2D eigenvalue weighted by atomic mass is 9.96. The summed E-state index contributed by atoms with van der Waals surface area (Å²) in [7, 11) is 1.82. The van der Waals surface area contributed by atoms with E-state index in [1.165, 1.54) is 25.7 Å². The SMILES string of the molecule is CNc1ccncc1C(=O)NC1CCCCCC1C. The Kier molecular flexibility index (Phi) is 4.77. The van der Waals surface area contributed by atoms with E-state index in [4.69, 9.17) is 0 Å². The summed E-state index contributed by atoms with van der Waals surface area (Å²) in [5.41, 5.74) is 1.45. The average Bonchev–Trinajstić information content (AvgIpc) is 2.64. The third-order valence-corrected chi connectivity index (χ3v) is 4.01. The van der Waals surface area contributed by atoms with Gasteiger partial charge in [-0.05, 0) is 24.8 Å². The molecule has 0 saturated heterocycles. The van der Waals surface area contributed by atoms with Gasteiger partial charge in [-0.1, -0.05) is 26.2 Å². The van der Waals surface area contributed by atoms with E-state index in [9.17, 15) is 4.79 Å². The zero-order chi connectivity index (χ0) is 13.7. The number of rotatable bonds is 3. The van der Waals surface area contributed by atoms with Crippen LogP contribution in [0.5, 0.6) is 0 Å². The zero-order valence-electron chi connectivity index (χ0n) is 11.8. The second-order valence-corrected chi connectivity index (χ2v) is 5.37. The Morgan fingerprint density at radius 3 is 2.89 bits per heavy atom. The van der Waals surface area contributed by atoms with Crippen LogP contribution < -0.4 is 10.6 Å². The van der Waals surface area contributed by atoms with Gasteiger partial charge < -0.3 is 10.6 Å². The van der Waals surface area contributed by atoms with Gasteiger partial charge in [0.15, 0.2) is 0 Å². The molecular formula is C15H23N3O. The van der Waals surface area contributed by atoms with Gasteiger partial charge in [-0.25, -0.2) is 0 Å². The molecule has 4 heteroatoms.